The van der Waals surface area contributed by atoms with Crippen molar-refractivity contribution in [3.8, 4) is 11.3 Å². The summed E-state index contributed by atoms with van der Waals surface area (Å²) in [5.41, 5.74) is 2.57. The van der Waals surface area contributed by atoms with Gasteiger partial charge in [0.2, 0.25) is 5.91 Å². The molecule has 0 saturated carbocycles. The van der Waals surface area contributed by atoms with E-state index in [1.807, 2.05) is 31.2 Å². The van der Waals surface area contributed by atoms with E-state index in [0.29, 0.717) is 11.3 Å². The third kappa shape index (κ3) is 3.85. The SMILES string of the molecule is Cc1cccc(N(C)C(=O)Cn2nc(-c3ccc(F)cc3)ccc2=O)c1. The summed E-state index contributed by atoms with van der Waals surface area (Å²) in [5, 5.41) is 4.24. The molecule has 2 aromatic carbocycles. The van der Waals surface area contributed by atoms with Crippen LogP contribution in [0.4, 0.5) is 10.1 Å². The third-order valence-corrected chi connectivity index (χ3v) is 4.05. The van der Waals surface area contributed by atoms with Gasteiger partial charge in [0.25, 0.3) is 5.56 Å². The van der Waals surface area contributed by atoms with E-state index >= 15 is 0 Å². The molecule has 0 bridgehead atoms. The number of halogens is 1. The Kier molecular flexibility index (Phi) is 4.93. The molecule has 0 aliphatic rings. The first-order valence-corrected chi connectivity index (χ1v) is 8.11. The predicted molar refractivity (Wildman–Crippen MR) is 98.5 cm³/mol. The van der Waals surface area contributed by atoms with Crippen LogP contribution in [0.25, 0.3) is 11.3 Å². The fourth-order valence-electron chi connectivity index (χ4n) is 2.55. The molecule has 132 valence electrons. The van der Waals surface area contributed by atoms with Gasteiger partial charge in [-0.05, 0) is 55.0 Å². The number of likely N-dealkylation sites (N-methyl/N-ethyl adjacent to an activating group) is 1. The lowest BCUT2D eigenvalue weighted by Gasteiger charge is -2.18. The van der Waals surface area contributed by atoms with Crippen LogP contribution >= 0.6 is 0 Å². The molecule has 26 heavy (non-hydrogen) atoms. The molecule has 6 heteroatoms. The number of anilines is 1. The molecule has 0 aliphatic heterocycles. The maximum atomic E-state index is 13.1. The highest BCUT2D eigenvalue weighted by molar-refractivity contribution is 5.92. The zero-order chi connectivity index (χ0) is 18.7. The lowest BCUT2D eigenvalue weighted by Crippen LogP contribution is -2.35. The number of benzene rings is 2. The van der Waals surface area contributed by atoms with Gasteiger partial charge >= 0.3 is 0 Å². The van der Waals surface area contributed by atoms with Gasteiger partial charge in [0.15, 0.2) is 0 Å². The molecule has 5 nitrogen and oxygen atoms in total. The molecular weight excluding hydrogens is 333 g/mol. The van der Waals surface area contributed by atoms with Crippen molar-refractivity contribution in [2.75, 3.05) is 11.9 Å². The lowest BCUT2D eigenvalue weighted by molar-refractivity contribution is -0.119. The molecule has 1 amide bonds. The summed E-state index contributed by atoms with van der Waals surface area (Å²) in [4.78, 5) is 26.1. The number of rotatable bonds is 4. The molecule has 3 aromatic rings. The Bertz CT molecular complexity index is 996. The van der Waals surface area contributed by atoms with Crippen molar-refractivity contribution in [2.45, 2.75) is 13.5 Å². The number of carbonyl (C=O) groups excluding carboxylic acids is 1. The minimum atomic E-state index is -0.373. The predicted octanol–water partition coefficient (Wildman–Crippen LogP) is 3.02. The van der Waals surface area contributed by atoms with E-state index in [2.05, 4.69) is 5.10 Å². The number of carbonyl (C=O) groups is 1. The van der Waals surface area contributed by atoms with E-state index < -0.39 is 0 Å². The smallest absolute Gasteiger partial charge is 0.267 e. The van der Waals surface area contributed by atoms with E-state index in [4.69, 9.17) is 0 Å². The van der Waals surface area contributed by atoms with E-state index in [-0.39, 0.29) is 23.8 Å². The second kappa shape index (κ2) is 7.31. The number of hydrogen-bond acceptors (Lipinski definition) is 3. The van der Waals surface area contributed by atoms with Crippen LogP contribution in [0.15, 0.2) is 65.5 Å². The maximum absolute atomic E-state index is 13.1. The third-order valence-electron chi connectivity index (χ3n) is 4.05. The van der Waals surface area contributed by atoms with E-state index in [1.54, 1.807) is 25.2 Å². The van der Waals surface area contributed by atoms with Gasteiger partial charge in [0.05, 0.1) is 5.69 Å². The van der Waals surface area contributed by atoms with Crippen molar-refractivity contribution in [3.63, 3.8) is 0 Å². The van der Waals surface area contributed by atoms with Gasteiger partial charge in [-0.2, -0.15) is 5.10 Å². The van der Waals surface area contributed by atoms with Crippen LogP contribution in [0, 0.1) is 12.7 Å². The second-order valence-corrected chi connectivity index (χ2v) is 6.01. The van der Waals surface area contributed by atoms with Crippen LogP contribution in [0.5, 0.6) is 0 Å². The van der Waals surface area contributed by atoms with Crippen LogP contribution in [0.3, 0.4) is 0 Å². The second-order valence-electron chi connectivity index (χ2n) is 6.01. The summed E-state index contributed by atoms with van der Waals surface area (Å²) in [7, 11) is 1.66. The molecule has 0 aliphatic carbocycles. The fourth-order valence-corrected chi connectivity index (χ4v) is 2.55. The molecule has 0 atom stereocenters. The summed E-state index contributed by atoms with van der Waals surface area (Å²) in [6, 6.07) is 16.2. The van der Waals surface area contributed by atoms with Crippen molar-refractivity contribution in [1.29, 1.82) is 0 Å². The Morgan fingerprint density at radius 1 is 1.12 bits per heavy atom. The normalized spacial score (nSPS) is 10.6. The summed E-state index contributed by atoms with van der Waals surface area (Å²) >= 11 is 0. The summed E-state index contributed by atoms with van der Waals surface area (Å²) in [5.74, 6) is -0.613. The van der Waals surface area contributed by atoms with E-state index in [9.17, 15) is 14.0 Å². The van der Waals surface area contributed by atoms with Gasteiger partial charge in [0, 0.05) is 24.4 Å². The molecule has 0 spiro atoms. The number of aryl methyl sites for hydroxylation is 1. The zero-order valence-electron chi connectivity index (χ0n) is 14.5. The van der Waals surface area contributed by atoms with E-state index in [1.165, 1.54) is 23.1 Å². The van der Waals surface area contributed by atoms with E-state index in [0.717, 1.165) is 15.9 Å². The molecule has 1 heterocycles. The zero-order valence-corrected chi connectivity index (χ0v) is 14.5. The monoisotopic (exact) mass is 351 g/mol. The first-order valence-electron chi connectivity index (χ1n) is 8.11. The van der Waals surface area contributed by atoms with Gasteiger partial charge in [-0.15, -0.1) is 0 Å². The highest BCUT2D eigenvalue weighted by Gasteiger charge is 2.14. The van der Waals surface area contributed by atoms with Gasteiger partial charge in [-0.1, -0.05) is 12.1 Å². The van der Waals surface area contributed by atoms with Gasteiger partial charge in [0.1, 0.15) is 12.4 Å². The average molecular weight is 351 g/mol. The Morgan fingerprint density at radius 3 is 2.54 bits per heavy atom. The van der Waals surface area contributed by atoms with Crippen molar-refractivity contribution >= 4 is 11.6 Å². The molecule has 1 aromatic heterocycles. The minimum Gasteiger partial charge on any atom is -0.314 e. The largest absolute Gasteiger partial charge is 0.314 e. The highest BCUT2D eigenvalue weighted by atomic mass is 19.1. The highest BCUT2D eigenvalue weighted by Crippen LogP contribution is 2.16. The molecule has 0 radical (unpaired) electrons. The van der Waals surface area contributed by atoms with Crippen molar-refractivity contribution in [1.82, 2.24) is 9.78 Å². The molecule has 0 unspecified atom stereocenters. The first-order chi connectivity index (χ1) is 12.4. The average Bonchev–Trinajstić information content (AvgIpc) is 2.63. The molecular formula is C20H18FN3O2. The quantitative estimate of drug-likeness (QED) is 0.726. The Labute approximate surface area is 150 Å². The first kappa shape index (κ1) is 17.5. The summed E-state index contributed by atoms with van der Waals surface area (Å²) < 4.78 is 14.2. The molecule has 0 saturated heterocycles. The molecule has 0 fully saturated rings. The molecule has 0 N–H and O–H groups in total. The van der Waals surface area contributed by atoms with Crippen LogP contribution in [0.2, 0.25) is 0 Å². The molecule has 3 rings (SSSR count). The standard InChI is InChI=1S/C20H18FN3O2/c1-14-4-3-5-17(12-14)23(2)20(26)13-24-19(25)11-10-18(22-24)15-6-8-16(21)9-7-15/h3-12H,13H2,1-2H3. The van der Waals surface area contributed by atoms with Crippen molar-refractivity contribution in [2.24, 2.45) is 0 Å². The van der Waals surface area contributed by atoms with Crippen molar-refractivity contribution < 1.29 is 9.18 Å². The Morgan fingerprint density at radius 2 is 1.85 bits per heavy atom. The van der Waals surface area contributed by atoms with Gasteiger partial charge in [-0.25, -0.2) is 9.07 Å². The number of hydrogen-bond donors (Lipinski definition) is 0. The Hall–Kier alpha value is -3.28. The van der Waals surface area contributed by atoms with Gasteiger partial charge in [-0.3, -0.25) is 9.59 Å². The van der Waals surface area contributed by atoms with Gasteiger partial charge < -0.3 is 4.90 Å². The number of nitrogens with zero attached hydrogens (tertiary/aromatic N) is 3. The summed E-state index contributed by atoms with van der Waals surface area (Å²) in [6.45, 7) is 1.76. The number of amides is 1. The lowest BCUT2D eigenvalue weighted by atomic mass is 10.1. The van der Waals surface area contributed by atoms with Crippen molar-refractivity contribution in [3.05, 3.63) is 82.4 Å². The van der Waals surface area contributed by atoms with Crippen LogP contribution < -0.4 is 10.5 Å². The fraction of sp³-hybridized carbons (Fsp3) is 0.150. The summed E-state index contributed by atoms with van der Waals surface area (Å²) in [6.07, 6.45) is 0. The number of aromatic nitrogens is 2. The van der Waals surface area contributed by atoms with Crippen LogP contribution in [0.1, 0.15) is 5.56 Å². The van der Waals surface area contributed by atoms with Crippen LogP contribution in [-0.2, 0) is 11.3 Å². The maximum Gasteiger partial charge on any atom is 0.267 e. The van der Waals surface area contributed by atoms with Crippen LogP contribution in [-0.4, -0.2) is 22.7 Å². The minimum absolute atomic E-state index is 0.182. The topological polar surface area (TPSA) is 55.2 Å². The Balaban J connectivity index is 1.85.